The van der Waals surface area contributed by atoms with Crippen LogP contribution in [0.3, 0.4) is 0 Å². The van der Waals surface area contributed by atoms with Crippen LogP contribution in [0, 0.1) is 11.6 Å². The first-order valence-electron chi connectivity index (χ1n) is 5.07. The van der Waals surface area contributed by atoms with Crippen LogP contribution in [-0.4, -0.2) is 25.0 Å². The van der Waals surface area contributed by atoms with Gasteiger partial charge in [0.1, 0.15) is 16.5 Å². The van der Waals surface area contributed by atoms with Crippen molar-refractivity contribution in [1.29, 1.82) is 0 Å². The summed E-state index contributed by atoms with van der Waals surface area (Å²) in [7, 11) is -4.28. The molecule has 19 heavy (non-hydrogen) atoms. The maximum atomic E-state index is 13.4. The Labute approximate surface area is 109 Å². The van der Waals surface area contributed by atoms with E-state index in [4.69, 9.17) is 10.9 Å². The zero-order valence-electron chi connectivity index (χ0n) is 10.2. The molecule has 106 valence electrons. The molecule has 0 unspecified atom stereocenters. The van der Waals surface area contributed by atoms with Gasteiger partial charge in [0.15, 0.2) is 5.84 Å². The first-order valence-corrected chi connectivity index (χ1v) is 6.55. The third kappa shape index (κ3) is 3.38. The van der Waals surface area contributed by atoms with Gasteiger partial charge in [-0.2, -0.15) is 4.72 Å². The molecule has 0 saturated heterocycles. The molecule has 0 amide bonds. The van der Waals surface area contributed by atoms with E-state index in [1.165, 1.54) is 13.8 Å². The maximum Gasteiger partial charge on any atom is 0.244 e. The Kier molecular flexibility index (Phi) is 4.11. The molecular formula is C10H13F2N3O3S. The average Bonchev–Trinajstić information content (AvgIpc) is 2.25. The van der Waals surface area contributed by atoms with Crippen LogP contribution in [0.25, 0.3) is 0 Å². The van der Waals surface area contributed by atoms with E-state index in [1.807, 2.05) is 0 Å². The zero-order valence-corrected chi connectivity index (χ0v) is 11.0. The monoisotopic (exact) mass is 293 g/mol. The summed E-state index contributed by atoms with van der Waals surface area (Å²) in [6.45, 7) is 2.64. The minimum Gasteiger partial charge on any atom is -0.409 e. The average molecular weight is 293 g/mol. The summed E-state index contributed by atoms with van der Waals surface area (Å²) in [5.74, 6) is -2.53. The number of benzene rings is 1. The molecule has 0 saturated carbocycles. The Balaban J connectivity index is 3.19. The fourth-order valence-electron chi connectivity index (χ4n) is 1.26. The molecule has 0 aliphatic carbocycles. The number of hydrogen-bond acceptors (Lipinski definition) is 4. The van der Waals surface area contributed by atoms with Gasteiger partial charge < -0.3 is 10.9 Å². The van der Waals surface area contributed by atoms with Crippen molar-refractivity contribution in [3.05, 3.63) is 29.8 Å². The predicted molar refractivity (Wildman–Crippen MR) is 64.2 cm³/mol. The van der Waals surface area contributed by atoms with Crippen LogP contribution < -0.4 is 10.5 Å². The second-order valence-corrected chi connectivity index (χ2v) is 5.94. The van der Waals surface area contributed by atoms with E-state index in [-0.39, 0.29) is 0 Å². The molecule has 0 bridgehead atoms. The molecule has 0 aliphatic heterocycles. The Hall–Kier alpha value is -1.74. The van der Waals surface area contributed by atoms with Gasteiger partial charge in [0.05, 0.1) is 5.54 Å². The molecule has 0 radical (unpaired) electrons. The molecule has 0 spiro atoms. The fourth-order valence-corrected chi connectivity index (χ4v) is 2.71. The number of nitrogens with one attached hydrogen (secondary N) is 1. The Morgan fingerprint density at radius 3 is 2.47 bits per heavy atom. The van der Waals surface area contributed by atoms with E-state index < -0.39 is 37.9 Å². The molecule has 1 aromatic carbocycles. The van der Waals surface area contributed by atoms with Crippen LogP contribution in [0.15, 0.2) is 28.3 Å². The van der Waals surface area contributed by atoms with Crippen LogP contribution in [-0.2, 0) is 10.0 Å². The number of amidine groups is 1. The quantitative estimate of drug-likeness (QED) is 0.330. The van der Waals surface area contributed by atoms with Crippen molar-refractivity contribution >= 4 is 15.9 Å². The number of nitrogens with zero attached hydrogens (tertiary/aromatic N) is 1. The summed E-state index contributed by atoms with van der Waals surface area (Å²) in [6.07, 6.45) is 0. The summed E-state index contributed by atoms with van der Waals surface area (Å²) in [5.41, 5.74) is 3.88. The molecule has 9 heteroatoms. The minimum absolute atomic E-state index is 0.404. The maximum absolute atomic E-state index is 13.4. The Bertz CT molecular complexity index is 614. The highest BCUT2D eigenvalue weighted by Crippen LogP contribution is 2.17. The van der Waals surface area contributed by atoms with E-state index in [9.17, 15) is 17.2 Å². The number of nitrogens with two attached hydrogens (primary N) is 1. The number of halogens is 2. The second-order valence-electron chi connectivity index (χ2n) is 4.29. The normalized spacial score (nSPS) is 13.6. The number of sulfonamides is 1. The highest BCUT2D eigenvalue weighted by Gasteiger charge is 2.31. The predicted octanol–water partition coefficient (Wildman–Crippen LogP) is 0.768. The molecule has 6 nitrogen and oxygen atoms in total. The molecule has 4 N–H and O–H groups in total. The Morgan fingerprint density at radius 1 is 1.42 bits per heavy atom. The molecule has 0 atom stereocenters. The van der Waals surface area contributed by atoms with Gasteiger partial charge in [-0.1, -0.05) is 5.16 Å². The van der Waals surface area contributed by atoms with Crippen LogP contribution in [0.1, 0.15) is 13.8 Å². The van der Waals surface area contributed by atoms with Crippen molar-refractivity contribution < 1.29 is 22.4 Å². The zero-order chi connectivity index (χ0) is 14.8. The third-order valence-electron chi connectivity index (χ3n) is 2.32. The van der Waals surface area contributed by atoms with E-state index in [1.54, 1.807) is 0 Å². The number of hydrogen-bond donors (Lipinski definition) is 3. The standard InChI is InChI=1S/C10H13F2N3O3S/c1-10(2,9(13)14-16)15-19(17,18)8-4-3-6(11)5-7(8)12/h3-5,15-16H,1-2H3,(H2,13,14). The summed E-state index contributed by atoms with van der Waals surface area (Å²) in [5, 5.41) is 11.2. The van der Waals surface area contributed by atoms with E-state index >= 15 is 0 Å². The number of oxime groups is 1. The first-order chi connectivity index (χ1) is 8.60. The van der Waals surface area contributed by atoms with Crippen molar-refractivity contribution in [3.8, 4) is 0 Å². The fraction of sp³-hybridized carbons (Fsp3) is 0.300. The minimum atomic E-state index is -4.28. The van der Waals surface area contributed by atoms with Crippen molar-refractivity contribution in [3.63, 3.8) is 0 Å². The third-order valence-corrected chi connectivity index (χ3v) is 4.01. The highest BCUT2D eigenvalue weighted by atomic mass is 32.2. The van der Waals surface area contributed by atoms with Gasteiger partial charge in [-0.3, -0.25) is 0 Å². The van der Waals surface area contributed by atoms with Crippen LogP contribution >= 0.6 is 0 Å². The van der Waals surface area contributed by atoms with Crippen molar-refractivity contribution in [2.24, 2.45) is 10.9 Å². The summed E-state index contributed by atoms with van der Waals surface area (Å²) < 4.78 is 52.1. The van der Waals surface area contributed by atoms with Crippen molar-refractivity contribution in [2.45, 2.75) is 24.3 Å². The van der Waals surface area contributed by atoms with E-state index in [2.05, 4.69) is 9.88 Å². The summed E-state index contributed by atoms with van der Waals surface area (Å²) in [6, 6.07) is 2.05. The largest absolute Gasteiger partial charge is 0.409 e. The lowest BCUT2D eigenvalue weighted by Crippen LogP contribution is -2.53. The topological polar surface area (TPSA) is 105 Å². The molecule has 0 aromatic heterocycles. The smallest absolute Gasteiger partial charge is 0.244 e. The molecule has 1 rings (SSSR count). The molecule has 1 aromatic rings. The molecule has 0 fully saturated rings. The molecule has 0 heterocycles. The van der Waals surface area contributed by atoms with Crippen LogP contribution in [0.2, 0.25) is 0 Å². The number of rotatable bonds is 4. The van der Waals surface area contributed by atoms with Gasteiger partial charge in [-0.15, -0.1) is 0 Å². The summed E-state index contributed by atoms with van der Waals surface area (Å²) >= 11 is 0. The van der Waals surface area contributed by atoms with Crippen molar-refractivity contribution in [1.82, 2.24) is 4.72 Å². The van der Waals surface area contributed by atoms with Crippen LogP contribution in [0.5, 0.6) is 0 Å². The van der Waals surface area contributed by atoms with E-state index in [0.717, 1.165) is 12.1 Å². The van der Waals surface area contributed by atoms with E-state index in [0.29, 0.717) is 6.07 Å². The van der Waals surface area contributed by atoms with Gasteiger partial charge in [0.2, 0.25) is 10.0 Å². The lowest BCUT2D eigenvalue weighted by molar-refractivity contribution is 0.312. The second kappa shape index (κ2) is 5.10. The van der Waals surface area contributed by atoms with Gasteiger partial charge in [-0.05, 0) is 26.0 Å². The lowest BCUT2D eigenvalue weighted by Gasteiger charge is -2.24. The lowest BCUT2D eigenvalue weighted by atomic mass is 10.1. The van der Waals surface area contributed by atoms with Gasteiger partial charge in [0.25, 0.3) is 0 Å². The van der Waals surface area contributed by atoms with Crippen molar-refractivity contribution in [2.75, 3.05) is 0 Å². The Morgan fingerprint density at radius 2 is 2.00 bits per heavy atom. The first kappa shape index (κ1) is 15.3. The van der Waals surface area contributed by atoms with Gasteiger partial charge in [-0.25, -0.2) is 17.2 Å². The SMILES string of the molecule is CC(C)(NS(=O)(=O)c1ccc(F)cc1F)/C(N)=N/O. The molecular weight excluding hydrogens is 280 g/mol. The highest BCUT2D eigenvalue weighted by molar-refractivity contribution is 7.89. The summed E-state index contributed by atoms with van der Waals surface area (Å²) in [4.78, 5) is -0.729. The van der Waals surface area contributed by atoms with Gasteiger partial charge in [0, 0.05) is 6.07 Å². The van der Waals surface area contributed by atoms with Crippen LogP contribution in [0.4, 0.5) is 8.78 Å². The van der Waals surface area contributed by atoms with Gasteiger partial charge >= 0.3 is 0 Å². The molecule has 0 aliphatic rings.